The van der Waals surface area contributed by atoms with Gasteiger partial charge in [-0.2, -0.15) is 0 Å². The van der Waals surface area contributed by atoms with Crippen LogP contribution < -0.4 is 15.4 Å². The Labute approximate surface area is 206 Å². The number of likely N-dealkylation sites (tertiary alicyclic amines) is 1. The quantitative estimate of drug-likeness (QED) is 0.600. The summed E-state index contributed by atoms with van der Waals surface area (Å²) in [6, 6.07) is 11.4. The molecule has 35 heavy (non-hydrogen) atoms. The van der Waals surface area contributed by atoms with E-state index in [0.29, 0.717) is 42.8 Å². The van der Waals surface area contributed by atoms with Gasteiger partial charge in [0.15, 0.2) is 0 Å². The molecule has 2 N–H and O–H groups in total. The van der Waals surface area contributed by atoms with Gasteiger partial charge in [-0.25, -0.2) is 4.39 Å². The lowest BCUT2D eigenvalue weighted by molar-refractivity contribution is -0.125. The topological polar surface area (TPSA) is 87.7 Å². The van der Waals surface area contributed by atoms with Crippen molar-refractivity contribution in [2.75, 3.05) is 20.2 Å². The van der Waals surface area contributed by atoms with E-state index in [1.54, 1.807) is 36.3 Å². The van der Waals surface area contributed by atoms with Crippen molar-refractivity contribution < 1.29 is 23.5 Å². The fraction of sp³-hybridized carbons (Fsp3) is 0.444. The van der Waals surface area contributed by atoms with Gasteiger partial charge in [-0.05, 0) is 80.1 Å². The average Bonchev–Trinajstić information content (AvgIpc) is 2.87. The molecule has 1 fully saturated rings. The van der Waals surface area contributed by atoms with Crippen LogP contribution in [0.3, 0.4) is 0 Å². The Bertz CT molecular complexity index is 1020. The van der Waals surface area contributed by atoms with Gasteiger partial charge in [-0.15, -0.1) is 0 Å². The minimum absolute atomic E-state index is 0.0527. The number of piperidine rings is 1. The Morgan fingerprint density at radius 1 is 0.914 bits per heavy atom. The largest absolute Gasteiger partial charge is 0.497 e. The molecule has 2 aromatic rings. The molecule has 2 aromatic carbocycles. The van der Waals surface area contributed by atoms with Crippen molar-refractivity contribution in [3.05, 3.63) is 65.5 Å². The first-order valence-corrected chi connectivity index (χ1v) is 12.0. The Morgan fingerprint density at radius 3 is 2.03 bits per heavy atom. The van der Waals surface area contributed by atoms with Crippen LogP contribution in [-0.4, -0.2) is 54.9 Å². The van der Waals surface area contributed by atoms with Crippen molar-refractivity contribution in [2.45, 2.75) is 45.7 Å². The predicted octanol–water partition coefficient (Wildman–Crippen LogP) is 3.65. The van der Waals surface area contributed by atoms with Gasteiger partial charge in [0, 0.05) is 30.3 Å². The van der Waals surface area contributed by atoms with E-state index < -0.39 is 11.9 Å². The highest BCUT2D eigenvalue weighted by Gasteiger charge is 2.35. The van der Waals surface area contributed by atoms with Crippen molar-refractivity contribution >= 4 is 17.7 Å². The summed E-state index contributed by atoms with van der Waals surface area (Å²) in [5.74, 6) is -0.371. The molecule has 8 heteroatoms. The van der Waals surface area contributed by atoms with Crippen molar-refractivity contribution in [3.63, 3.8) is 0 Å². The normalized spacial score (nSPS) is 15.9. The third-order valence-corrected chi connectivity index (χ3v) is 6.68. The van der Waals surface area contributed by atoms with Gasteiger partial charge in [0.2, 0.25) is 5.91 Å². The lowest BCUT2D eigenvalue weighted by Gasteiger charge is -2.36. The molecule has 0 aliphatic carbocycles. The van der Waals surface area contributed by atoms with Crippen LogP contribution in [0.15, 0.2) is 48.5 Å². The lowest BCUT2D eigenvalue weighted by Crippen LogP contribution is -2.55. The number of halogens is 1. The molecule has 7 nitrogen and oxygen atoms in total. The smallest absolute Gasteiger partial charge is 0.253 e. The maximum Gasteiger partial charge on any atom is 0.253 e. The molecule has 0 bridgehead atoms. The number of nitrogens with zero attached hydrogens (tertiary/aromatic N) is 1. The lowest BCUT2D eigenvalue weighted by atomic mass is 9.87. The SMILES string of the molecule is COc1ccc(C(=O)NC(C(=O)NC(C)C(C)C)C2CCN(C(=O)c3ccc(F)cc3)CC2)cc1. The van der Waals surface area contributed by atoms with Crippen LogP contribution in [0.2, 0.25) is 0 Å². The molecular weight excluding hydrogens is 449 g/mol. The van der Waals surface area contributed by atoms with Crippen molar-refractivity contribution in [1.82, 2.24) is 15.5 Å². The molecule has 1 saturated heterocycles. The van der Waals surface area contributed by atoms with Crippen LogP contribution in [0.5, 0.6) is 5.75 Å². The van der Waals surface area contributed by atoms with Crippen molar-refractivity contribution in [3.8, 4) is 5.75 Å². The fourth-order valence-corrected chi connectivity index (χ4v) is 4.06. The molecule has 1 aliphatic heterocycles. The third-order valence-electron chi connectivity index (χ3n) is 6.68. The van der Waals surface area contributed by atoms with E-state index >= 15 is 0 Å². The number of carbonyl (C=O) groups is 3. The van der Waals surface area contributed by atoms with E-state index in [1.165, 1.54) is 24.3 Å². The number of nitrogens with one attached hydrogen (secondary N) is 2. The van der Waals surface area contributed by atoms with E-state index in [1.807, 2.05) is 20.8 Å². The van der Waals surface area contributed by atoms with Crippen LogP contribution in [0, 0.1) is 17.7 Å². The molecule has 1 aliphatic rings. The third kappa shape index (κ3) is 6.81. The molecule has 0 radical (unpaired) electrons. The Kier molecular flexibility index (Phi) is 8.84. The average molecular weight is 484 g/mol. The summed E-state index contributed by atoms with van der Waals surface area (Å²) in [7, 11) is 1.55. The first kappa shape index (κ1) is 26.2. The number of ether oxygens (including phenoxy) is 1. The Morgan fingerprint density at radius 2 is 1.49 bits per heavy atom. The molecule has 0 spiro atoms. The molecule has 1 heterocycles. The van der Waals surface area contributed by atoms with E-state index in [9.17, 15) is 18.8 Å². The second-order valence-corrected chi connectivity index (χ2v) is 9.36. The number of carbonyl (C=O) groups excluding carboxylic acids is 3. The molecule has 2 unspecified atom stereocenters. The number of hydrogen-bond acceptors (Lipinski definition) is 4. The number of rotatable bonds is 8. The van der Waals surface area contributed by atoms with Gasteiger partial charge in [-0.1, -0.05) is 13.8 Å². The first-order chi connectivity index (χ1) is 16.7. The van der Waals surface area contributed by atoms with Crippen LogP contribution in [0.25, 0.3) is 0 Å². The summed E-state index contributed by atoms with van der Waals surface area (Å²) in [6.45, 7) is 6.88. The number of benzene rings is 2. The van der Waals surface area contributed by atoms with Gasteiger partial charge in [0.05, 0.1) is 7.11 Å². The molecule has 188 valence electrons. The highest BCUT2D eigenvalue weighted by Crippen LogP contribution is 2.24. The summed E-state index contributed by atoms with van der Waals surface area (Å²) in [4.78, 5) is 40.7. The van der Waals surface area contributed by atoms with Crippen LogP contribution >= 0.6 is 0 Å². The zero-order valence-corrected chi connectivity index (χ0v) is 20.7. The first-order valence-electron chi connectivity index (χ1n) is 12.0. The Balaban J connectivity index is 1.71. The van der Waals surface area contributed by atoms with Crippen LogP contribution in [0.4, 0.5) is 4.39 Å². The summed E-state index contributed by atoms with van der Waals surface area (Å²) in [6.07, 6.45) is 1.12. The van der Waals surface area contributed by atoms with Crippen LogP contribution in [-0.2, 0) is 4.79 Å². The maximum atomic E-state index is 13.2. The number of amides is 3. The molecule has 2 atom stereocenters. The predicted molar refractivity (Wildman–Crippen MR) is 132 cm³/mol. The molecule has 0 saturated carbocycles. The zero-order chi connectivity index (χ0) is 25.5. The number of hydrogen-bond donors (Lipinski definition) is 2. The highest BCUT2D eigenvalue weighted by atomic mass is 19.1. The monoisotopic (exact) mass is 483 g/mol. The standard InChI is InChI=1S/C27H34FN3O4/c1-17(2)18(3)29-26(33)24(30-25(32)20-7-11-23(35-4)12-8-20)19-13-15-31(16-14-19)27(34)21-5-9-22(28)10-6-21/h5-12,17-19,24H,13-16H2,1-4H3,(H,29,33)(H,30,32). The fourth-order valence-electron chi connectivity index (χ4n) is 4.06. The van der Waals surface area contributed by atoms with E-state index in [2.05, 4.69) is 10.6 Å². The number of methoxy groups -OCH3 is 1. The highest BCUT2D eigenvalue weighted by molar-refractivity contribution is 5.98. The van der Waals surface area contributed by atoms with Gasteiger partial charge in [0.25, 0.3) is 11.8 Å². The second kappa shape index (κ2) is 11.8. The zero-order valence-electron chi connectivity index (χ0n) is 20.7. The van der Waals surface area contributed by atoms with E-state index in [4.69, 9.17) is 4.74 Å². The van der Waals surface area contributed by atoms with E-state index in [0.717, 1.165) is 0 Å². The molecule has 3 rings (SSSR count). The van der Waals surface area contributed by atoms with Gasteiger partial charge >= 0.3 is 0 Å². The van der Waals surface area contributed by atoms with Crippen molar-refractivity contribution in [1.29, 1.82) is 0 Å². The Hall–Kier alpha value is -3.42. The maximum absolute atomic E-state index is 13.2. The molecule has 3 amide bonds. The second-order valence-electron chi connectivity index (χ2n) is 9.36. The van der Waals surface area contributed by atoms with Crippen molar-refractivity contribution in [2.24, 2.45) is 11.8 Å². The van der Waals surface area contributed by atoms with Gasteiger partial charge in [0.1, 0.15) is 17.6 Å². The van der Waals surface area contributed by atoms with Gasteiger partial charge in [-0.3, -0.25) is 14.4 Å². The minimum atomic E-state index is -0.728. The molecular formula is C27H34FN3O4. The van der Waals surface area contributed by atoms with Gasteiger partial charge < -0.3 is 20.3 Å². The summed E-state index contributed by atoms with van der Waals surface area (Å²) >= 11 is 0. The summed E-state index contributed by atoms with van der Waals surface area (Å²) in [5, 5.41) is 5.96. The van der Waals surface area contributed by atoms with E-state index in [-0.39, 0.29) is 35.6 Å². The minimum Gasteiger partial charge on any atom is -0.497 e. The van der Waals surface area contributed by atoms with Crippen LogP contribution in [0.1, 0.15) is 54.3 Å². The molecule has 0 aromatic heterocycles. The summed E-state index contributed by atoms with van der Waals surface area (Å²) < 4.78 is 18.4. The summed E-state index contributed by atoms with van der Waals surface area (Å²) in [5.41, 5.74) is 0.863.